The maximum absolute atomic E-state index is 13.1. The monoisotopic (exact) mass is 368 g/mol. The lowest BCUT2D eigenvalue weighted by Gasteiger charge is -2.18. The van der Waals surface area contributed by atoms with E-state index in [4.69, 9.17) is 0 Å². The lowest BCUT2D eigenvalue weighted by Crippen LogP contribution is -2.22. The zero-order chi connectivity index (χ0) is 19.3. The second kappa shape index (κ2) is 7.88. The van der Waals surface area contributed by atoms with Crippen LogP contribution in [0.1, 0.15) is 22.9 Å². The Kier molecular flexibility index (Phi) is 4.97. The van der Waals surface area contributed by atoms with Crippen LogP contribution in [-0.4, -0.2) is 20.4 Å². The Morgan fingerprint density at radius 3 is 2.04 bits per heavy atom. The van der Waals surface area contributed by atoms with Gasteiger partial charge in [0.25, 0.3) is 0 Å². The number of anilines is 1. The number of aromatic nitrogens is 3. The highest BCUT2D eigenvalue weighted by atomic mass is 16.1. The maximum atomic E-state index is 13.1. The van der Waals surface area contributed by atoms with E-state index >= 15 is 0 Å². The van der Waals surface area contributed by atoms with Gasteiger partial charge in [-0.15, -0.1) is 0 Å². The molecule has 0 bridgehead atoms. The molecule has 2 heterocycles. The average molecular weight is 368 g/mol. The Balaban J connectivity index is 1.59. The number of hydrogen-bond donors (Lipinski definition) is 1. The van der Waals surface area contributed by atoms with Gasteiger partial charge in [0.15, 0.2) is 0 Å². The minimum absolute atomic E-state index is 0.0919. The normalized spacial score (nSPS) is 10.8. The summed E-state index contributed by atoms with van der Waals surface area (Å²) in [5.41, 5.74) is 2.55. The molecule has 0 aliphatic heterocycles. The summed E-state index contributed by atoms with van der Waals surface area (Å²) in [6.45, 7) is 1.92. The second-order valence-corrected chi connectivity index (χ2v) is 6.49. The number of carbonyl (C=O) groups excluding carboxylic acids is 1. The zero-order valence-corrected chi connectivity index (χ0v) is 15.5. The van der Waals surface area contributed by atoms with Gasteiger partial charge >= 0.3 is 0 Å². The highest BCUT2D eigenvalue weighted by Crippen LogP contribution is 2.26. The van der Waals surface area contributed by atoms with Crippen LogP contribution in [0.5, 0.6) is 0 Å². The van der Waals surface area contributed by atoms with Crippen molar-refractivity contribution in [2.24, 2.45) is 0 Å². The first-order chi connectivity index (χ1) is 13.7. The van der Waals surface area contributed by atoms with Crippen LogP contribution in [0.2, 0.25) is 0 Å². The highest BCUT2D eigenvalue weighted by molar-refractivity contribution is 5.98. The van der Waals surface area contributed by atoms with Crippen LogP contribution < -0.4 is 5.32 Å². The van der Waals surface area contributed by atoms with E-state index in [-0.39, 0.29) is 5.91 Å². The number of hydrogen-bond acceptors (Lipinski definition) is 3. The van der Waals surface area contributed by atoms with Crippen LogP contribution >= 0.6 is 0 Å². The summed E-state index contributed by atoms with van der Waals surface area (Å²) < 4.78 is 1.89. The molecule has 0 saturated heterocycles. The predicted molar refractivity (Wildman–Crippen MR) is 109 cm³/mol. The number of aryl methyl sites for hydroxylation is 1. The molecule has 0 fully saturated rings. The van der Waals surface area contributed by atoms with Crippen molar-refractivity contribution in [2.45, 2.75) is 12.8 Å². The first-order valence-electron chi connectivity index (χ1n) is 9.09. The molecule has 28 heavy (non-hydrogen) atoms. The van der Waals surface area contributed by atoms with Crippen LogP contribution in [-0.2, 0) is 4.79 Å². The van der Waals surface area contributed by atoms with Gasteiger partial charge in [0.05, 0.1) is 17.8 Å². The molecule has 0 unspecified atom stereocenters. The Labute approximate surface area is 163 Å². The zero-order valence-electron chi connectivity index (χ0n) is 15.5. The number of pyridine rings is 1. The first-order valence-corrected chi connectivity index (χ1v) is 9.09. The number of nitrogens with one attached hydrogen (secondary N) is 1. The van der Waals surface area contributed by atoms with Crippen molar-refractivity contribution >= 4 is 11.6 Å². The van der Waals surface area contributed by atoms with E-state index in [0.717, 1.165) is 22.8 Å². The summed E-state index contributed by atoms with van der Waals surface area (Å²) in [6, 6.07) is 23.3. The average Bonchev–Trinajstić information content (AvgIpc) is 3.16. The molecule has 4 rings (SSSR count). The molecule has 2 aromatic heterocycles. The lowest BCUT2D eigenvalue weighted by atomic mass is 9.90. The number of benzene rings is 2. The van der Waals surface area contributed by atoms with E-state index in [1.54, 1.807) is 12.4 Å². The molecule has 0 aliphatic rings. The van der Waals surface area contributed by atoms with Crippen LogP contribution in [0.25, 0.3) is 5.82 Å². The van der Waals surface area contributed by atoms with Gasteiger partial charge in [0.1, 0.15) is 11.6 Å². The molecular formula is C23H20N4O. The Morgan fingerprint density at radius 2 is 1.54 bits per heavy atom. The molecule has 0 aliphatic carbocycles. The number of carbonyl (C=O) groups is 1. The van der Waals surface area contributed by atoms with Gasteiger partial charge in [0.2, 0.25) is 5.91 Å². The highest BCUT2D eigenvalue weighted by Gasteiger charge is 2.22. The van der Waals surface area contributed by atoms with E-state index in [1.807, 2.05) is 90.5 Å². The third kappa shape index (κ3) is 3.69. The van der Waals surface area contributed by atoms with Gasteiger partial charge in [-0.1, -0.05) is 60.7 Å². The summed E-state index contributed by atoms with van der Waals surface area (Å²) in [7, 11) is 0. The van der Waals surface area contributed by atoms with Crippen molar-refractivity contribution in [2.75, 3.05) is 5.32 Å². The maximum Gasteiger partial charge on any atom is 0.236 e. The molecule has 0 radical (unpaired) electrons. The summed E-state index contributed by atoms with van der Waals surface area (Å²) in [4.78, 5) is 21.8. The Hall–Kier alpha value is -3.73. The minimum Gasteiger partial charge on any atom is -0.324 e. The van der Waals surface area contributed by atoms with Crippen molar-refractivity contribution in [1.29, 1.82) is 0 Å². The van der Waals surface area contributed by atoms with Gasteiger partial charge in [-0.2, -0.15) is 0 Å². The van der Waals surface area contributed by atoms with Crippen molar-refractivity contribution in [3.63, 3.8) is 0 Å². The summed E-state index contributed by atoms with van der Waals surface area (Å²) >= 11 is 0. The van der Waals surface area contributed by atoms with Gasteiger partial charge < -0.3 is 5.32 Å². The molecule has 4 aromatic rings. The number of nitrogens with zero attached hydrogens (tertiary/aromatic N) is 3. The van der Waals surface area contributed by atoms with E-state index in [0.29, 0.717) is 5.69 Å². The first kappa shape index (κ1) is 17.7. The van der Waals surface area contributed by atoms with Crippen LogP contribution in [0.15, 0.2) is 91.4 Å². The largest absolute Gasteiger partial charge is 0.324 e. The molecular weight excluding hydrogens is 348 g/mol. The van der Waals surface area contributed by atoms with E-state index in [2.05, 4.69) is 15.3 Å². The summed E-state index contributed by atoms with van der Waals surface area (Å²) in [6.07, 6.45) is 5.26. The topological polar surface area (TPSA) is 59.8 Å². The van der Waals surface area contributed by atoms with E-state index in [9.17, 15) is 4.79 Å². The van der Waals surface area contributed by atoms with Gasteiger partial charge in [0, 0.05) is 12.4 Å². The fourth-order valence-corrected chi connectivity index (χ4v) is 3.22. The molecule has 0 saturated carbocycles. The Morgan fingerprint density at radius 1 is 0.893 bits per heavy atom. The summed E-state index contributed by atoms with van der Waals surface area (Å²) in [5, 5.41) is 3.00. The SMILES string of the molecule is Cc1nccn1-c1ccc(NC(=O)C(c2ccccc2)c2ccccc2)cn1. The predicted octanol–water partition coefficient (Wildman–Crippen LogP) is 4.35. The van der Waals surface area contributed by atoms with E-state index in [1.165, 1.54) is 0 Å². The molecule has 0 atom stereocenters. The quantitative estimate of drug-likeness (QED) is 0.570. The number of amides is 1. The number of rotatable bonds is 5. The third-order valence-corrected chi connectivity index (χ3v) is 4.62. The lowest BCUT2D eigenvalue weighted by molar-refractivity contribution is -0.116. The number of imidazole rings is 1. The molecule has 0 spiro atoms. The van der Waals surface area contributed by atoms with Gasteiger partial charge in [-0.3, -0.25) is 9.36 Å². The van der Waals surface area contributed by atoms with Crippen molar-refractivity contribution in [1.82, 2.24) is 14.5 Å². The molecule has 2 aromatic carbocycles. The fraction of sp³-hybridized carbons (Fsp3) is 0.0870. The van der Waals surface area contributed by atoms with Gasteiger partial charge in [-0.25, -0.2) is 9.97 Å². The molecule has 5 nitrogen and oxygen atoms in total. The van der Waals surface area contributed by atoms with Crippen molar-refractivity contribution in [3.05, 3.63) is 108 Å². The summed E-state index contributed by atoms with van der Waals surface area (Å²) in [5.74, 6) is 1.14. The smallest absolute Gasteiger partial charge is 0.236 e. The molecule has 5 heteroatoms. The standard InChI is InChI=1S/C23H20N4O/c1-17-24-14-15-27(17)21-13-12-20(16-25-21)26-23(28)22(18-8-4-2-5-9-18)19-10-6-3-7-11-19/h2-16,22H,1H3,(H,26,28). The van der Waals surface area contributed by atoms with Crippen LogP contribution in [0.4, 0.5) is 5.69 Å². The van der Waals surface area contributed by atoms with Crippen LogP contribution in [0, 0.1) is 6.92 Å². The second-order valence-electron chi connectivity index (χ2n) is 6.49. The van der Waals surface area contributed by atoms with Crippen LogP contribution in [0.3, 0.4) is 0 Å². The minimum atomic E-state index is -0.391. The Bertz CT molecular complexity index is 1020. The third-order valence-electron chi connectivity index (χ3n) is 4.62. The van der Waals surface area contributed by atoms with Gasteiger partial charge in [-0.05, 0) is 30.2 Å². The van der Waals surface area contributed by atoms with Crippen molar-refractivity contribution in [3.8, 4) is 5.82 Å². The molecule has 1 amide bonds. The molecule has 1 N–H and O–H groups in total. The van der Waals surface area contributed by atoms with Crippen molar-refractivity contribution < 1.29 is 4.79 Å². The molecule has 138 valence electrons. The fourth-order valence-electron chi connectivity index (χ4n) is 3.22. The van der Waals surface area contributed by atoms with E-state index < -0.39 is 5.92 Å².